The van der Waals surface area contributed by atoms with Gasteiger partial charge in [-0.15, -0.1) is 0 Å². The van der Waals surface area contributed by atoms with E-state index in [1.807, 2.05) is 62.4 Å². The van der Waals surface area contributed by atoms with Crippen LogP contribution in [0.5, 0.6) is 5.88 Å². The first-order chi connectivity index (χ1) is 17.4. The van der Waals surface area contributed by atoms with Crippen LogP contribution < -0.4 is 4.74 Å². The number of halogens is 3. The predicted octanol–water partition coefficient (Wildman–Crippen LogP) is 5.97. The van der Waals surface area contributed by atoms with Gasteiger partial charge >= 0.3 is 6.18 Å². The number of alkyl halides is 3. The summed E-state index contributed by atoms with van der Waals surface area (Å²) in [6, 6.07) is 16.2. The van der Waals surface area contributed by atoms with E-state index in [0.29, 0.717) is 30.5 Å². The molecule has 1 aromatic carbocycles. The van der Waals surface area contributed by atoms with Crippen LogP contribution in [0.3, 0.4) is 0 Å². The number of aromatic nitrogens is 3. The van der Waals surface area contributed by atoms with Crippen molar-refractivity contribution in [2.24, 2.45) is 0 Å². The van der Waals surface area contributed by atoms with Crippen molar-refractivity contribution in [3.8, 4) is 17.0 Å². The van der Waals surface area contributed by atoms with Crippen LogP contribution in [0.4, 0.5) is 13.2 Å². The van der Waals surface area contributed by atoms with Gasteiger partial charge in [0.15, 0.2) is 5.69 Å². The highest BCUT2D eigenvalue weighted by molar-refractivity contribution is 6.04. The van der Waals surface area contributed by atoms with E-state index in [1.54, 1.807) is 15.6 Å². The van der Waals surface area contributed by atoms with Crippen LogP contribution >= 0.6 is 0 Å². The van der Waals surface area contributed by atoms with Gasteiger partial charge < -0.3 is 9.64 Å². The van der Waals surface area contributed by atoms with Crippen LogP contribution in [0.1, 0.15) is 48.3 Å². The molecule has 5 heterocycles. The first-order valence-corrected chi connectivity index (χ1v) is 11.9. The first kappa shape index (κ1) is 23.8. The lowest BCUT2D eigenvalue weighted by Crippen LogP contribution is -2.46. The maximum absolute atomic E-state index is 14.0. The number of nitrogens with zero attached hydrogens (tertiary/aromatic N) is 4. The van der Waals surface area contributed by atoms with Crippen molar-refractivity contribution in [3.63, 3.8) is 0 Å². The number of hydrogen-bond donors (Lipinski definition) is 0. The van der Waals surface area contributed by atoms with E-state index in [9.17, 15) is 18.0 Å². The highest BCUT2D eigenvalue weighted by Gasteiger charge is 2.53. The van der Waals surface area contributed by atoms with E-state index >= 15 is 0 Å². The largest absolute Gasteiger partial charge is 0.475 e. The van der Waals surface area contributed by atoms with Crippen molar-refractivity contribution in [2.45, 2.75) is 38.4 Å². The second-order valence-electron chi connectivity index (χ2n) is 8.58. The second kappa shape index (κ2) is 8.96. The zero-order valence-corrected chi connectivity index (χ0v) is 19.9. The number of carbonyl (C=O) groups is 1. The van der Waals surface area contributed by atoms with Gasteiger partial charge in [-0.1, -0.05) is 50.2 Å². The molecular weight excluding hydrogens is 469 g/mol. The fourth-order valence-corrected chi connectivity index (χ4v) is 5.09. The molecule has 0 radical (unpaired) electrons. The van der Waals surface area contributed by atoms with Crippen molar-refractivity contribution in [3.05, 3.63) is 83.8 Å². The molecule has 0 unspecified atom stereocenters. The smallest absolute Gasteiger partial charge is 0.417 e. The summed E-state index contributed by atoms with van der Waals surface area (Å²) in [5, 5.41) is 4.59. The molecule has 1 saturated heterocycles. The van der Waals surface area contributed by atoms with Gasteiger partial charge in [0.25, 0.3) is 5.91 Å². The fourth-order valence-electron chi connectivity index (χ4n) is 5.09. The molecule has 9 heteroatoms. The third kappa shape index (κ3) is 3.70. The molecule has 0 bridgehead atoms. The van der Waals surface area contributed by atoms with E-state index in [4.69, 9.17) is 4.74 Å². The molecule has 6 nitrogen and oxygen atoms in total. The molecule has 0 N–H and O–H groups in total. The molecule has 2 aliphatic rings. The van der Waals surface area contributed by atoms with Gasteiger partial charge in [-0.2, -0.15) is 18.3 Å². The first-order valence-electron chi connectivity index (χ1n) is 11.9. The SMILES string of the molecule is CC.O=C(c1nn2ccccc2c1-c1ccccc1)N1CCC[C@@]12COc1ncc(C(F)(F)F)cc12. The Hall–Kier alpha value is -3.88. The average molecular weight is 495 g/mol. The lowest BCUT2D eigenvalue weighted by atomic mass is 9.89. The second-order valence-corrected chi connectivity index (χ2v) is 8.58. The number of ether oxygens (including phenoxy) is 1. The molecule has 1 spiro atoms. The number of hydrogen-bond acceptors (Lipinski definition) is 4. The number of fused-ring (bicyclic) bond motifs is 3. The molecule has 1 fully saturated rings. The molecule has 36 heavy (non-hydrogen) atoms. The summed E-state index contributed by atoms with van der Waals surface area (Å²) in [7, 11) is 0. The minimum atomic E-state index is -4.54. The molecule has 6 rings (SSSR count). The molecule has 0 saturated carbocycles. The third-order valence-electron chi connectivity index (χ3n) is 6.67. The summed E-state index contributed by atoms with van der Waals surface area (Å²) in [4.78, 5) is 19.5. The molecule has 186 valence electrons. The third-order valence-corrected chi connectivity index (χ3v) is 6.67. The minimum Gasteiger partial charge on any atom is -0.475 e. The number of likely N-dealkylation sites (tertiary alicyclic amines) is 1. The summed E-state index contributed by atoms with van der Waals surface area (Å²) >= 11 is 0. The Labute approximate surface area is 206 Å². The number of carbonyl (C=O) groups excluding carboxylic acids is 1. The van der Waals surface area contributed by atoms with Crippen molar-refractivity contribution in [1.82, 2.24) is 19.5 Å². The van der Waals surface area contributed by atoms with Gasteiger partial charge in [0.05, 0.1) is 11.1 Å². The monoisotopic (exact) mass is 494 g/mol. The van der Waals surface area contributed by atoms with Crippen molar-refractivity contribution >= 4 is 11.4 Å². The van der Waals surface area contributed by atoms with Gasteiger partial charge in [-0.25, -0.2) is 9.50 Å². The summed E-state index contributed by atoms with van der Waals surface area (Å²) in [6.07, 6.45) is -0.872. The van der Waals surface area contributed by atoms with Crippen molar-refractivity contribution in [2.75, 3.05) is 13.2 Å². The molecule has 2 aliphatic heterocycles. The van der Waals surface area contributed by atoms with E-state index in [2.05, 4.69) is 10.1 Å². The van der Waals surface area contributed by atoms with E-state index < -0.39 is 17.3 Å². The van der Waals surface area contributed by atoms with Crippen LogP contribution in [0.25, 0.3) is 16.6 Å². The summed E-state index contributed by atoms with van der Waals surface area (Å²) in [6.45, 7) is 4.45. The Bertz CT molecular complexity index is 1420. The predicted molar refractivity (Wildman–Crippen MR) is 129 cm³/mol. The lowest BCUT2D eigenvalue weighted by Gasteiger charge is -2.33. The normalized spacial score (nSPS) is 18.6. The number of benzene rings is 1. The van der Waals surface area contributed by atoms with Crippen LogP contribution in [0.2, 0.25) is 0 Å². The van der Waals surface area contributed by atoms with E-state index in [0.717, 1.165) is 23.3 Å². The van der Waals surface area contributed by atoms with Crippen molar-refractivity contribution < 1.29 is 22.7 Å². The number of rotatable bonds is 2. The molecule has 4 aromatic rings. The Morgan fingerprint density at radius 2 is 1.83 bits per heavy atom. The zero-order valence-electron chi connectivity index (χ0n) is 19.9. The Balaban J connectivity index is 0.00000130. The number of amides is 1. The fraction of sp³-hybridized carbons (Fsp3) is 0.296. The molecule has 1 atom stereocenters. The Morgan fingerprint density at radius 1 is 1.08 bits per heavy atom. The highest BCUT2D eigenvalue weighted by Crippen LogP contribution is 2.49. The van der Waals surface area contributed by atoms with Crippen molar-refractivity contribution in [1.29, 1.82) is 0 Å². The zero-order chi connectivity index (χ0) is 25.5. The van der Waals surface area contributed by atoms with E-state index in [1.165, 1.54) is 0 Å². The molecule has 1 amide bonds. The van der Waals surface area contributed by atoms with Gasteiger partial charge in [0.1, 0.15) is 12.1 Å². The highest BCUT2D eigenvalue weighted by atomic mass is 19.4. The summed E-state index contributed by atoms with van der Waals surface area (Å²) in [5.41, 5.74) is 0.997. The molecular formula is C27H25F3N4O2. The maximum atomic E-state index is 14.0. The van der Waals surface area contributed by atoms with Crippen LogP contribution in [0.15, 0.2) is 67.0 Å². The Kier molecular flexibility index (Phi) is 5.94. The topological polar surface area (TPSA) is 59.7 Å². The van der Waals surface area contributed by atoms with Gasteiger partial charge in [0.2, 0.25) is 5.88 Å². The van der Waals surface area contributed by atoms with E-state index in [-0.39, 0.29) is 24.1 Å². The number of pyridine rings is 2. The van der Waals surface area contributed by atoms with Gasteiger partial charge in [-0.05, 0) is 36.6 Å². The van der Waals surface area contributed by atoms with Gasteiger partial charge in [-0.3, -0.25) is 4.79 Å². The summed E-state index contributed by atoms with van der Waals surface area (Å²) < 4.78 is 47.7. The molecule has 0 aliphatic carbocycles. The standard InChI is InChI=1S/C25H19F3N4O2.C2H6/c26-25(27,28)17-13-18-22(29-14-17)34-15-24(18)10-6-11-31(24)23(33)21-20(16-7-2-1-3-8-16)19-9-4-5-12-32(19)30-21;1-2/h1-5,7-9,12-14H,6,10-11,15H2;1-2H3/t24-;/m0./s1. The summed E-state index contributed by atoms with van der Waals surface area (Å²) in [5.74, 6) is -0.195. The van der Waals surface area contributed by atoms with Crippen LogP contribution in [-0.4, -0.2) is 38.6 Å². The minimum absolute atomic E-state index is 0.0659. The maximum Gasteiger partial charge on any atom is 0.417 e. The van der Waals surface area contributed by atoms with Gasteiger partial charge in [0, 0.05) is 30.1 Å². The van der Waals surface area contributed by atoms with Crippen LogP contribution in [-0.2, 0) is 11.7 Å². The lowest BCUT2D eigenvalue weighted by molar-refractivity contribution is -0.137. The average Bonchev–Trinajstić information content (AvgIpc) is 3.61. The molecule has 3 aromatic heterocycles. The van der Waals surface area contributed by atoms with Crippen LogP contribution in [0, 0.1) is 0 Å². The Morgan fingerprint density at radius 3 is 2.58 bits per heavy atom. The quantitative estimate of drug-likeness (QED) is 0.345.